The Morgan fingerprint density at radius 1 is 1.43 bits per heavy atom. The van der Waals surface area contributed by atoms with Crippen LogP contribution in [-0.2, 0) is 9.47 Å². The average molecular weight is 198 g/mol. The molecule has 0 heterocycles. The minimum Gasteiger partial charge on any atom is -0.378 e. The van der Waals surface area contributed by atoms with E-state index in [-0.39, 0.29) is 0 Å². The van der Waals surface area contributed by atoms with Gasteiger partial charge >= 0.3 is 0 Å². The Labute approximate surface area is 87.3 Å². The van der Waals surface area contributed by atoms with E-state index < -0.39 is 0 Å². The van der Waals surface area contributed by atoms with Crippen molar-refractivity contribution in [1.29, 1.82) is 0 Å². The van der Waals surface area contributed by atoms with E-state index in [0.717, 1.165) is 13.2 Å². The molecule has 1 aliphatic carbocycles. The van der Waals surface area contributed by atoms with Gasteiger partial charge in [0.15, 0.2) is 0 Å². The summed E-state index contributed by atoms with van der Waals surface area (Å²) >= 11 is 0. The topological polar surface area (TPSA) is 18.5 Å². The maximum Gasteiger partial charge on any atom is 0.0644 e. The van der Waals surface area contributed by atoms with Crippen LogP contribution in [0.2, 0.25) is 0 Å². The third-order valence-corrected chi connectivity index (χ3v) is 2.73. The Kier molecular flexibility index (Phi) is 5.88. The van der Waals surface area contributed by atoms with E-state index in [1.54, 1.807) is 0 Å². The highest BCUT2D eigenvalue weighted by Crippen LogP contribution is 2.26. The Morgan fingerprint density at radius 2 is 2.29 bits per heavy atom. The molecule has 0 spiro atoms. The Bertz CT molecular complexity index is 154. The van der Waals surface area contributed by atoms with Crippen molar-refractivity contribution in [2.45, 2.75) is 38.7 Å². The standard InChI is InChI=1S/C12H22O2/c1-3-8-13-10-11-6-5-7-12(9-11)14-4-2/h3,11-12H,1,4-10H2,2H3. The SMILES string of the molecule is C=CCOCC1CCCC(OCC)C1. The normalized spacial score (nSPS) is 27.5. The highest BCUT2D eigenvalue weighted by atomic mass is 16.5. The summed E-state index contributed by atoms with van der Waals surface area (Å²) in [5.41, 5.74) is 0. The fraction of sp³-hybridized carbons (Fsp3) is 0.833. The van der Waals surface area contributed by atoms with Crippen LogP contribution in [0.3, 0.4) is 0 Å². The highest BCUT2D eigenvalue weighted by Gasteiger charge is 2.21. The number of hydrogen-bond acceptors (Lipinski definition) is 2. The van der Waals surface area contributed by atoms with Crippen LogP contribution in [-0.4, -0.2) is 25.9 Å². The first-order valence-electron chi connectivity index (χ1n) is 5.67. The monoisotopic (exact) mass is 198 g/mol. The first-order chi connectivity index (χ1) is 6.86. The average Bonchev–Trinajstić information content (AvgIpc) is 2.19. The van der Waals surface area contributed by atoms with Gasteiger partial charge in [-0.15, -0.1) is 6.58 Å². The van der Waals surface area contributed by atoms with E-state index in [2.05, 4.69) is 13.5 Å². The minimum atomic E-state index is 0.478. The Balaban J connectivity index is 2.15. The first kappa shape index (κ1) is 11.7. The molecule has 2 unspecified atom stereocenters. The molecule has 0 bridgehead atoms. The van der Waals surface area contributed by atoms with Crippen LogP contribution >= 0.6 is 0 Å². The summed E-state index contributed by atoms with van der Waals surface area (Å²) in [4.78, 5) is 0. The van der Waals surface area contributed by atoms with Gasteiger partial charge < -0.3 is 9.47 Å². The van der Waals surface area contributed by atoms with E-state index in [1.807, 2.05) is 6.08 Å². The molecular weight excluding hydrogens is 176 g/mol. The molecule has 0 aromatic carbocycles. The lowest BCUT2D eigenvalue weighted by atomic mass is 9.88. The first-order valence-corrected chi connectivity index (χ1v) is 5.67. The van der Waals surface area contributed by atoms with Crippen molar-refractivity contribution < 1.29 is 9.47 Å². The lowest BCUT2D eigenvalue weighted by Gasteiger charge is -2.28. The van der Waals surface area contributed by atoms with Gasteiger partial charge in [0, 0.05) is 13.2 Å². The molecule has 1 saturated carbocycles. The number of ether oxygens (including phenoxy) is 2. The van der Waals surface area contributed by atoms with Gasteiger partial charge in [0.05, 0.1) is 12.7 Å². The second-order valence-electron chi connectivity index (χ2n) is 3.94. The number of hydrogen-bond donors (Lipinski definition) is 0. The van der Waals surface area contributed by atoms with Crippen LogP contribution in [0, 0.1) is 5.92 Å². The highest BCUT2D eigenvalue weighted by molar-refractivity contribution is 4.74. The van der Waals surface area contributed by atoms with Crippen LogP contribution in [0.15, 0.2) is 12.7 Å². The van der Waals surface area contributed by atoms with Gasteiger partial charge in [-0.2, -0.15) is 0 Å². The van der Waals surface area contributed by atoms with Gasteiger partial charge in [0.25, 0.3) is 0 Å². The molecule has 0 amide bonds. The zero-order valence-corrected chi connectivity index (χ0v) is 9.21. The van der Waals surface area contributed by atoms with E-state index in [4.69, 9.17) is 9.47 Å². The molecule has 0 radical (unpaired) electrons. The minimum absolute atomic E-state index is 0.478. The molecule has 82 valence electrons. The van der Waals surface area contributed by atoms with Crippen molar-refractivity contribution in [2.75, 3.05) is 19.8 Å². The summed E-state index contributed by atoms with van der Waals surface area (Å²) in [6.45, 7) is 8.09. The lowest BCUT2D eigenvalue weighted by molar-refractivity contribution is 0.00137. The molecule has 2 nitrogen and oxygen atoms in total. The van der Waals surface area contributed by atoms with Crippen LogP contribution in [0.25, 0.3) is 0 Å². The van der Waals surface area contributed by atoms with Crippen molar-refractivity contribution in [3.05, 3.63) is 12.7 Å². The fourth-order valence-corrected chi connectivity index (χ4v) is 2.10. The smallest absolute Gasteiger partial charge is 0.0644 e. The summed E-state index contributed by atoms with van der Waals surface area (Å²) in [5.74, 6) is 0.695. The van der Waals surface area contributed by atoms with Crippen molar-refractivity contribution in [2.24, 2.45) is 5.92 Å². The van der Waals surface area contributed by atoms with E-state index >= 15 is 0 Å². The van der Waals surface area contributed by atoms with Gasteiger partial charge in [-0.3, -0.25) is 0 Å². The molecule has 0 aliphatic heterocycles. The molecule has 0 aromatic heterocycles. The van der Waals surface area contributed by atoms with Gasteiger partial charge in [-0.05, 0) is 32.1 Å². The van der Waals surface area contributed by atoms with Crippen molar-refractivity contribution in [3.63, 3.8) is 0 Å². The summed E-state index contributed by atoms with van der Waals surface area (Å²) < 4.78 is 11.1. The molecule has 0 aromatic rings. The van der Waals surface area contributed by atoms with E-state index in [1.165, 1.54) is 25.7 Å². The predicted molar refractivity (Wildman–Crippen MR) is 58.4 cm³/mol. The van der Waals surface area contributed by atoms with Gasteiger partial charge in [0.2, 0.25) is 0 Å². The molecule has 1 fully saturated rings. The summed E-state index contributed by atoms with van der Waals surface area (Å²) in [5, 5.41) is 0. The predicted octanol–water partition coefficient (Wildman–Crippen LogP) is 2.78. The van der Waals surface area contributed by atoms with E-state index in [0.29, 0.717) is 18.6 Å². The number of rotatable bonds is 6. The molecule has 1 rings (SSSR count). The zero-order valence-electron chi connectivity index (χ0n) is 9.21. The Morgan fingerprint density at radius 3 is 3.00 bits per heavy atom. The second-order valence-corrected chi connectivity index (χ2v) is 3.94. The van der Waals surface area contributed by atoms with E-state index in [9.17, 15) is 0 Å². The van der Waals surface area contributed by atoms with Crippen molar-refractivity contribution in [1.82, 2.24) is 0 Å². The summed E-state index contributed by atoms with van der Waals surface area (Å²) in [6, 6.07) is 0. The quantitative estimate of drug-likeness (QED) is 0.482. The summed E-state index contributed by atoms with van der Waals surface area (Å²) in [7, 11) is 0. The fourth-order valence-electron chi connectivity index (χ4n) is 2.10. The van der Waals surface area contributed by atoms with Crippen LogP contribution in [0.4, 0.5) is 0 Å². The lowest BCUT2D eigenvalue weighted by Crippen LogP contribution is -2.25. The molecule has 14 heavy (non-hydrogen) atoms. The largest absolute Gasteiger partial charge is 0.378 e. The maximum absolute atomic E-state index is 5.64. The van der Waals surface area contributed by atoms with Crippen LogP contribution in [0.5, 0.6) is 0 Å². The molecule has 2 heteroatoms. The van der Waals surface area contributed by atoms with Gasteiger partial charge in [0.1, 0.15) is 0 Å². The third kappa shape index (κ3) is 4.25. The maximum atomic E-state index is 5.64. The van der Waals surface area contributed by atoms with Crippen LogP contribution < -0.4 is 0 Å². The molecular formula is C12H22O2. The molecule has 1 aliphatic rings. The van der Waals surface area contributed by atoms with Crippen molar-refractivity contribution >= 4 is 0 Å². The zero-order chi connectivity index (χ0) is 10.2. The van der Waals surface area contributed by atoms with Gasteiger partial charge in [-0.25, -0.2) is 0 Å². The summed E-state index contributed by atoms with van der Waals surface area (Å²) in [6.07, 6.45) is 7.26. The molecule has 0 saturated heterocycles. The Hall–Kier alpha value is -0.340. The van der Waals surface area contributed by atoms with Crippen LogP contribution in [0.1, 0.15) is 32.6 Å². The molecule has 2 atom stereocenters. The third-order valence-electron chi connectivity index (χ3n) is 2.73. The molecule has 0 N–H and O–H groups in total. The second kappa shape index (κ2) is 7.02. The van der Waals surface area contributed by atoms with Crippen molar-refractivity contribution in [3.8, 4) is 0 Å². The van der Waals surface area contributed by atoms with Gasteiger partial charge in [-0.1, -0.05) is 12.5 Å².